The summed E-state index contributed by atoms with van der Waals surface area (Å²) < 4.78 is 3.31. The van der Waals surface area contributed by atoms with Crippen molar-refractivity contribution in [2.45, 2.75) is 26.6 Å². The highest BCUT2D eigenvalue weighted by Crippen LogP contribution is 2.14. The number of amides is 1. The molecule has 4 rings (SSSR count). The number of imidazole rings is 1. The molecule has 3 heterocycles. The fraction of sp³-hybridized carbons (Fsp3) is 0.381. The fourth-order valence-corrected chi connectivity index (χ4v) is 3.84. The standard InChI is InChI=1S/C21H25N5O2/c1-2-25-18-8-3-4-9-19(18)26(21(25)28)16-20(27)24-13-11-23(12-14-24)15-17-7-5-6-10-22-17/h3-10H,2,11-16H2,1H3. The Bertz CT molecular complexity index is 1020. The number of rotatable bonds is 5. The SMILES string of the molecule is CCn1c(=O)n(CC(=O)N2CCN(Cc3ccccn3)CC2)c2ccccc21. The number of benzene rings is 1. The van der Waals surface area contributed by atoms with Gasteiger partial charge in [-0.25, -0.2) is 4.79 Å². The van der Waals surface area contributed by atoms with Gasteiger partial charge in [-0.15, -0.1) is 0 Å². The van der Waals surface area contributed by atoms with E-state index in [-0.39, 0.29) is 18.1 Å². The summed E-state index contributed by atoms with van der Waals surface area (Å²) in [6.07, 6.45) is 1.81. The van der Waals surface area contributed by atoms with Gasteiger partial charge in [0.25, 0.3) is 0 Å². The molecule has 0 unspecified atom stereocenters. The maximum absolute atomic E-state index is 12.9. The summed E-state index contributed by atoms with van der Waals surface area (Å²) in [5.41, 5.74) is 2.62. The number of para-hydroxylation sites is 2. The zero-order valence-corrected chi connectivity index (χ0v) is 16.1. The summed E-state index contributed by atoms with van der Waals surface area (Å²) in [6.45, 7) is 6.40. The highest BCUT2D eigenvalue weighted by atomic mass is 16.2. The Morgan fingerprint density at radius 3 is 2.29 bits per heavy atom. The van der Waals surface area contributed by atoms with Gasteiger partial charge in [-0.05, 0) is 31.2 Å². The molecule has 1 saturated heterocycles. The monoisotopic (exact) mass is 379 g/mol. The number of aromatic nitrogens is 3. The van der Waals surface area contributed by atoms with Crippen LogP contribution in [0.1, 0.15) is 12.6 Å². The van der Waals surface area contributed by atoms with E-state index in [0.29, 0.717) is 19.6 Å². The van der Waals surface area contributed by atoms with Crippen LogP contribution in [0, 0.1) is 0 Å². The van der Waals surface area contributed by atoms with Crippen LogP contribution in [-0.2, 0) is 24.4 Å². The first-order chi connectivity index (χ1) is 13.7. The maximum atomic E-state index is 12.9. The first-order valence-electron chi connectivity index (χ1n) is 9.75. The van der Waals surface area contributed by atoms with Gasteiger partial charge < -0.3 is 4.90 Å². The minimum atomic E-state index is -0.120. The zero-order chi connectivity index (χ0) is 19.5. The summed E-state index contributed by atoms with van der Waals surface area (Å²) in [4.78, 5) is 34.1. The van der Waals surface area contributed by atoms with Crippen LogP contribution in [0.2, 0.25) is 0 Å². The molecule has 0 saturated carbocycles. The Kier molecular flexibility index (Phi) is 5.25. The van der Waals surface area contributed by atoms with Gasteiger partial charge in [0.05, 0.1) is 16.7 Å². The van der Waals surface area contributed by atoms with Crippen molar-refractivity contribution in [3.63, 3.8) is 0 Å². The summed E-state index contributed by atoms with van der Waals surface area (Å²) in [5.74, 6) is -0.00130. The Morgan fingerprint density at radius 1 is 0.964 bits per heavy atom. The number of aryl methyl sites for hydroxylation is 1. The summed E-state index contributed by atoms with van der Waals surface area (Å²) >= 11 is 0. The molecule has 146 valence electrons. The quantitative estimate of drug-likeness (QED) is 0.675. The third kappa shape index (κ3) is 3.57. The first kappa shape index (κ1) is 18.4. The molecule has 0 bridgehead atoms. The number of carbonyl (C=O) groups excluding carboxylic acids is 1. The molecule has 1 aliphatic heterocycles. The van der Waals surface area contributed by atoms with E-state index in [4.69, 9.17) is 0 Å². The van der Waals surface area contributed by atoms with Crippen LogP contribution in [0.4, 0.5) is 0 Å². The van der Waals surface area contributed by atoms with E-state index in [0.717, 1.165) is 36.4 Å². The van der Waals surface area contributed by atoms with E-state index in [1.165, 1.54) is 0 Å². The maximum Gasteiger partial charge on any atom is 0.329 e. The summed E-state index contributed by atoms with van der Waals surface area (Å²) in [5, 5.41) is 0. The Morgan fingerprint density at radius 2 is 1.64 bits per heavy atom. The molecule has 1 aliphatic rings. The van der Waals surface area contributed by atoms with E-state index in [9.17, 15) is 9.59 Å². The molecule has 7 nitrogen and oxygen atoms in total. The van der Waals surface area contributed by atoms with E-state index in [1.54, 1.807) is 15.3 Å². The summed E-state index contributed by atoms with van der Waals surface area (Å²) in [7, 11) is 0. The molecule has 7 heteroatoms. The van der Waals surface area contributed by atoms with Crippen molar-refractivity contribution in [3.8, 4) is 0 Å². The normalized spacial score (nSPS) is 15.2. The third-order valence-corrected chi connectivity index (χ3v) is 5.37. The van der Waals surface area contributed by atoms with Crippen molar-refractivity contribution >= 4 is 16.9 Å². The molecule has 0 radical (unpaired) electrons. The number of pyridine rings is 1. The lowest BCUT2D eigenvalue weighted by atomic mass is 10.2. The number of nitrogens with zero attached hydrogens (tertiary/aromatic N) is 5. The Hall–Kier alpha value is -2.93. The molecule has 1 aromatic carbocycles. The predicted octanol–water partition coefficient (Wildman–Crippen LogP) is 1.56. The molecule has 1 fully saturated rings. The highest BCUT2D eigenvalue weighted by Gasteiger charge is 2.23. The highest BCUT2D eigenvalue weighted by molar-refractivity contribution is 5.81. The van der Waals surface area contributed by atoms with Gasteiger partial charge in [-0.2, -0.15) is 0 Å². The fourth-order valence-electron chi connectivity index (χ4n) is 3.84. The van der Waals surface area contributed by atoms with Crippen LogP contribution in [-0.4, -0.2) is 56.0 Å². The predicted molar refractivity (Wildman–Crippen MR) is 108 cm³/mol. The van der Waals surface area contributed by atoms with E-state index >= 15 is 0 Å². The van der Waals surface area contributed by atoms with Gasteiger partial charge in [0.15, 0.2) is 0 Å². The lowest BCUT2D eigenvalue weighted by Crippen LogP contribution is -2.49. The van der Waals surface area contributed by atoms with Crippen molar-refractivity contribution < 1.29 is 4.79 Å². The van der Waals surface area contributed by atoms with Gasteiger partial charge in [-0.1, -0.05) is 18.2 Å². The third-order valence-electron chi connectivity index (χ3n) is 5.37. The van der Waals surface area contributed by atoms with Gasteiger partial charge in [0.1, 0.15) is 6.54 Å². The Labute approximate surface area is 163 Å². The van der Waals surface area contributed by atoms with E-state index < -0.39 is 0 Å². The van der Waals surface area contributed by atoms with Gasteiger partial charge >= 0.3 is 5.69 Å². The number of fused-ring (bicyclic) bond motifs is 1. The van der Waals surface area contributed by atoms with Crippen LogP contribution in [0.25, 0.3) is 11.0 Å². The summed E-state index contributed by atoms with van der Waals surface area (Å²) in [6, 6.07) is 13.6. The molecule has 28 heavy (non-hydrogen) atoms. The largest absolute Gasteiger partial charge is 0.339 e. The smallest absolute Gasteiger partial charge is 0.329 e. The van der Waals surface area contributed by atoms with E-state index in [2.05, 4.69) is 9.88 Å². The minimum Gasteiger partial charge on any atom is -0.339 e. The van der Waals surface area contributed by atoms with Crippen molar-refractivity contribution in [2.75, 3.05) is 26.2 Å². The van der Waals surface area contributed by atoms with Gasteiger partial charge in [0.2, 0.25) is 5.91 Å². The van der Waals surface area contributed by atoms with Gasteiger partial charge in [0, 0.05) is 45.5 Å². The minimum absolute atomic E-state index is 0.00130. The molecule has 0 aliphatic carbocycles. The molecule has 1 amide bonds. The van der Waals surface area contributed by atoms with Crippen LogP contribution in [0.15, 0.2) is 53.5 Å². The van der Waals surface area contributed by atoms with Gasteiger partial charge in [-0.3, -0.25) is 23.8 Å². The van der Waals surface area contributed by atoms with Crippen LogP contribution >= 0.6 is 0 Å². The molecular weight excluding hydrogens is 354 g/mol. The van der Waals surface area contributed by atoms with Crippen molar-refractivity contribution in [1.29, 1.82) is 0 Å². The molecule has 0 atom stereocenters. The van der Waals surface area contributed by atoms with E-state index in [1.807, 2.05) is 54.3 Å². The lowest BCUT2D eigenvalue weighted by molar-refractivity contribution is -0.133. The van der Waals surface area contributed by atoms with Crippen molar-refractivity contribution in [2.24, 2.45) is 0 Å². The average Bonchev–Trinajstić information content (AvgIpc) is 3.00. The zero-order valence-electron chi connectivity index (χ0n) is 16.1. The number of hydrogen-bond donors (Lipinski definition) is 0. The molecule has 0 N–H and O–H groups in total. The number of hydrogen-bond acceptors (Lipinski definition) is 4. The van der Waals surface area contributed by atoms with Crippen LogP contribution in [0.5, 0.6) is 0 Å². The lowest BCUT2D eigenvalue weighted by Gasteiger charge is -2.34. The topological polar surface area (TPSA) is 63.4 Å². The van der Waals surface area contributed by atoms with Crippen LogP contribution < -0.4 is 5.69 Å². The molecule has 3 aromatic rings. The molecule has 2 aromatic heterocycles. The first-order valence-corrected chi connectivity index (χ1v) is 9.75. The average molecular weight is 379 g/mol. The van der Waals surface area contributed by atoms with Crippen LogP contribution in [0.3, 0.4) is 0 Å². The molecular formula is C21H25N5O2. The van der Waals surface area contributed by atoms with Crippen molar-refractivity contribution in [1.82, 2.24) is 23.9 Å². The molecule has 0 spiro atoms. The second-order valence-corrected chi connectivity index (χ2v) is 7.08. The second-order valence-electron chi connectivity index (χ2n) is 7.08. The number of carbonyl (C=O) groups is 1. The van der Waals surface area contributed by atoms with Crippen molar-refractivity contribution in [3.05, 3.63) is 64.8 Å². The Balaban J connectivity index is 1.42. The number of piperazine rings is 1. The second kappa shape index (κ2) is 7.98.